The molecule has 0 bridgehead atoms. The molecule has 1 saturated heterocycles. The van der Waals surface area contributed by atoms with Crippen molar-refractivity contribution in [3.63, 3.8) is 0 Å². The van der Waals surface area contributed by atoms with E-state index in [2.05, 4.69) is 5.32 Å². The number of nitrogens with one attached hydrogen (secondary N) is 1. The molecule has 1 atom stereocenters. The van der Waals surface area contributed by atoms with Crippen LogP contribution >= 0.6 is 0 Å². The predicted octanol–water partition coefficient (Wildman–Crippen LogP) is 1.09. The van der Waals surface area contributed by atoms with E-state index in [0.717, 1.165) is 19.5 Å². The molecule has 0 aromatic heterocycles. The normalized spacial score (nSPS) is 17.6. The number of carbonyl (C=O) groups is 1. The van der Waals surface area contributed by atoms with Gasteiger partial charge in [-0.1, -0.05) is 0 Å². The Balaban J connectivity index is 2.29. The molecule has 1 aliphatic heterocycles. The third-order valence-corrected chi connectivity index (χ3v) is 3.80. The Morgan fingerprint density at radius 2 is 2.10 bits per heavy atom. The lowest BCUT2D eigenvalue weighted by Crippen LogP contribution is -2.38. The summed E-state index contributed by atoms with van der Waals surface area (Å²) < 4.78 is 0. The van der Waals surface area contributed by atoms with Gasteiger partial charge in [-0.05, 0) is 25.1 Å². The Kier molecular flexibility index (Phi) is 4.42. The molecule has 7 heteroatoms. The van der Waals surface area contributed by atoms with Gasteiger partial charge in [-0.2, -0.15) is 0 Å². The zero-order valence-corrected chi connectivity index (χ0v) is 12.5. The van der Waals surface area contributed by atoms with Gasteiger partial charge < -0.3 is 15.1 Å². The van der Waals surface area contributed by atoms with E-state index in [4.69, 9.17) is 0 Å². The Morgan fingerprint density at radius 3 is 2.62 bits per heavy atom. The number of hydrogen-bond donors (Lipinski definition) is 1. The van der Waals surface area contributed by atoms with Crippen LogP contribution in [-0.2, 0) is 0 Å². The molecule has 1 aromatic rings. The van der Waals surface area contributed by atoms with Crippen molar-refractivity contribution in [1.29, 1.82) is 0 Å². The molecule has 0 radical (unpaired) electrons. The summed E-state index contributed by atoms with van der Waals surface area (Å²) in [4.78, 5) is 26.5. The first kappa shape index (κ1) is 15.2. The summed E-state index contributed by atoms with van der Waals surface area (Å²) in [6.45, 7) is 1.65. The molecule has 1 N–H and O–H groups in total. The second-order valence-corrected chi connectivity index (χ2v) is 5.42. The van der Waals surface area contributed by atoms with E-state index in [1.54, 1.807) is 43.1 Å². The number of benzene rings is 1. The molecule has 1 aliphatic rings. The fourth-order valence-corrected chi connectivity index (χ4v) is 2.52. The predicted molar refractivity (Wildman–Crippen MR) is 80.8 cm³/mol. The molecule has 21 heavy (non-hydrogen) atoms. The standard InChI is InChI=1S/C14H20N4O3/c1-16(2)12-5-4-10(8-13(12)18(20)21)14(19)17(3)11-6-7-15-9-11/h4-5,8,11,15H,6-7,9H2,1-3H3. The van der Waals surface area contributed by atoms with E-state index in [9.17, 15) is 14.9 Å². The third kappa shape index (κ3) is 3.13. The number of nitro groups is 1. The van der Waals surface area contributed by atoms with Crippen LogP contribution in [-0.4, -0.2) is 56.0 Å². The number of nitrogens with zero attached hydrogens (tertiary/aromatic N) is 3. The lowest BCUT2D eigenvalue weighted by molar-refractivity contribution is -0.384. The first-order chi connectivity index (χ1) is 9.91. The van der Waals surface area contributed by atoms with Crippen molar-refractivity contribution >= 4 is 17.3 Å². The minimum Gasteiger partial charge on any atom is -0.372 e. The van der Waals surface area contributed by atoms with Crippen molar-refractivity contribution in [2.75, 3.05) is 39.1 Å². The van der Waals surface area contributed by atoms with Gasteiger partial charge in [0.25, 0.3) is 11.6 Å². The summed E-state index contributed by atoms with van der Waals surface area (Å²) in [5.41, 5.74) is 0.784. The summed E-state index contributed by atoms with van der Waals surface area (Å²) >= 11 is 0. The first-order valence-corrected chi connectivity index (χ1v) is 6.85. The molecule has 1 amide bonds. The molecule has 1 unspecified atom stereocenters. The number of hydrogen-bond acceptors (Lipinski definition) is 5. The smallest absolute Gasteiger partial charge is 0.293 e. The Labute approximate surface area is 123 Å². The molecule has 1 heterocycles. The van der Waals surface area contributed by atoms with Gasteiger partial charge in [0.05, 0.1) is 4.92 Å². The van der Waals surface area contributed by atoms with Crippen molar-refractivity contribution in [1.82, 2.24) is 10.2 Å². The van der Waals surface area contributed by atoms with Gasteiger partial charge in [0.1, 0.15) is 5.69 Å². The van der Waals surface area contributed by atoms with Crippen LogP contribution in [0.1, 0.15) is 16.8 Å². The van der Waals surface area contributed by atoms with E-state index >= 15 is 0 Å². The highest BCUT2D eigenvalue weighted by Crippen LogP contribution is 2.28. The van der Waals surface area contributed by atoms with E-state index in [-0.39, 0.29) is 17.6 Å². The number of likely N-dealkylation sites (N-methyl/N-ethyl adjacent to an activating group) is 1. The minimum atomic E-state index is -0.455. The Bertz CT molecular complexity index is 553. The second kappa shape index (κ2) is 6.09. The highest BCUT2D eigenvalue weighted by atomic mass is 16.6. The van der Waals surface area contributed by atoms with Gasteiger partial charge in [0.15, 0.2) is 0 Å². The number of rotatable bonds is 4. The molecule has 0 spiro atoms. The molecule has 7 nitrogen and oxygen atoms in total. The van der Waals surface area contributed by atoms with Crippen LogP contribution in [0.5, 0.6) is 0 Å². The average molecular weight is 292 g/mol. The van der Waals surface area contributed by atoms with E-state index in [0.29, 0.717) is 11.3 Å². The topological polar surface area (TPSA) is 78.7 Å². The number of amides is 1. The zero-order valence-electron chi connectivity index (χ0n) is 12.5. The average Bonchev–Trinajstić information content (AvgIpc) is 2.99. The Morgan fingerprint density at radius 1 is 1.38 bits per heavy atom. The van der Waals surface area contributed by atoms with Gasteiger partial charge in [-0.15, -0.1) is 0 Å². The monoisotopic (exact) mass is 292 g/mol. The van der Waals surface area contributed by atoms with Gasteiger partial charge in [-0.3, -0.25) is 14.9 Å². The van der Waals surface area contributed by atoms with Gasteiger partial charge >= 0.3 is 0 Å². The summed E-state index contributed by atoms with van der Waals surface area (Å²) in [5.74, 6) is -0.183. The summed E-state index contributed by atoms with van der Waals surface area (Å²) in [5, 5.41) is 14.4. The maximum Gasteiger partial charge on any atom is 0.293 e. The van der Waals surface area contributed by atoms with Crippen LogP contribution in [0, 0.1) is 10.1 Å². The van der Waals surface area contributed by atoms with Crippen LogP contribution in [0.3, 0.4) is 0 Å². The molecule has 1 aromatic carbocycles. The fourth-order valence-electron chi connectivity index (χ4n) is 2.52. The third-order valence-electron chi connectivity index (χ3n) is 3.80. The number of anilines is 1. The van der Waals surface area contributed by atoms with Crippen LogP contribution in [0.2, 0.25) is 0 Å². The molecule has 2 rings (SSSR count). The lowest BCUT2D eigenvalue weighted by atomic mass is 10.1. The van der Waals surface area contributed by atoms with Crippen molar-refractivity contribution in [3.05, 3.63) is 33.9 Å². The minimum absolute atomic E-state index is 0.0520. The van der Waals surface area contributed by atoms with Gasteiger partial charge in [-0.25, -0.2) is 0 Å². The summed E-state index contributed by atoms with van der Waals surface area (Å²) in [6.07, 6.45) is 0.903. The van der Waals surface area contributed by atoms with Gasteiger partial charge in [0, 0.05) is 45.4 Å². The molecule has 0 saturated carbocycles. The van der Waals surface area contributed by atoms with Crippen molar-refractivity contribution in [3.8, 4) is 0 Å². The SMILES string of the molecule is CN(C)c1ccc(C(=O)N(C)C2CCNC2)cc1[N+](=O)[O-]. The molecular formula is C14H20N4O3. The lowest BCUT2D eigenvalue weighted by Gasteiger charge is -2.24. The molecule has 114 valence electrons. The van der Waals surface area contributed by atoms with Crippen LogP contribution < -0.4 is 10.2 Å². The maximum atomic E-state index is 12.4. The molecule has 1 fully saturated rings. The first-order valence-electron chi connectivity index (χ1n) is 6.85. The largest absolute Gasteiger partial charge is 0.372 e. The zero-order chi connectivity index (χ0) is 15.6. The number of nitro benzene ring substituents is 1. The van der Waals surface area contributed by atoms with Crippen molar-refractivity contribution in [2.45, 2.75) is 12.5 Å². The van der Waals surface area contributed by atoms with Crippen molar-refractivity contribution in [2.24, 2.45) is 0 Å². The highest BCUT2D eigenvalue weighted by Gasteiger charge is 2.26. The maximum absolute atomic E-state index is 12.4. The van der Waals surface area contributed by atoms with Crippen molar-refractivity contribution < 1.29 is 9.72 Å². The van der Waals surface area contributed by atoms with Gasteiger partial charge in [0.2, 0.25) is 0 Å². The summed E-state index contributed by atoms with van der Waals surface area (Å²) in [6, 6.07) is 4.76. The Hall–Kier alpha value is -2.15. The van der Waals surface area contributed by atoms with E-state index < -0.39 is 4.92 Å². The van der Waals surface area contributed by atoms with Crippen LogP contribution in [0.15, 0.2) is 18.2 Å². The summed E-state index contributed by atoms with van der Waals surface area (Å²) in [7, 11) is 5.21. The quantitative estimate of drug-likeness (QED) is 0.664. The molecular weight excluding hydrogens is 272 g/mol. The fraction of sp³-hybridized carbons (Fsp3) is 0.500. The van der Waals surface area contributed by atoms with E-state index in [1.807, 2.05) is 0 Å². The molecule has 0 aliphatic carbocycles. The van der Waals surface area contributed by atoms with Crippen LogP contribution in [0.4, 0.5) is 11.4 Å². The van der Waals surface area contributed by atoms with Crippen LogP contribution in [0.25, 0.3) is 0 Å². The number of carbonyl (C=O) groups excluding carboxylic acids is 1. The van der Waals surface area contributed by atoms with E-state index in [1.165, 1.54) is 6.07 Å². The highest BCUT2D eigenvalue weighted by molar-refractivity contribution is 5.95. The second-order valence-electron chi connectivity index (χ2n) is 5.42.